The van der Waals surface area contributed by atoms with Gasteiger partial charge in [0.25, 0.3) is 0 Å². The molecule has 5 aromatic carbocycles. The minimum absolute atomic E-state index is 0.167. The molecule has 8 heteroatoms. The van der Waals surface area contributed by atoms with Gasteiger partial charge in [0.15, 0.2) is 0 Å². The molecular formula is C47H58O6P2. The Labute approximate surface area is 332 Å². The number of aryl methyl sites for hydroxylation is 4. The maximum Gasteiger partial charge on any atom is 0.530 e. The second kappa shape index (κ2) is 19.2. The molecule has 0 saturated heterocycles. The quantitative estimate of drug-likeness (QED) is 0.0876. The summed E-state index contributed by atoms with van der Waals surface area (Å²) in [6, 6.07) is 33.0. The molecule has 0 amide bonds. The zero-order chi connectivity index (χ0) is 39.8. The number of para-hydroxylation sites is 1. The molecule has 0 radical (unpaired) electrons. The number of hydrogen-bond acceptors (Lipinski definition) is 6. The molecule has 0 aliphatic rings. The molecular weight excluding hydrogens is 722 g/mol. The van der Waals surface area contributed by atoms with Gasteiger partial charge in [0, 0.05) is 5.56 Å². The molecule has 0 N–H and O–H groups in total. The Kier molecular flexibility index (Phi) is 14.7. The van der Waals surface area contributed by atoms with Gasteiger partial charge in [-0.25, -0.2) is 0 Å². The summed E-state index contributed by atoms with van der Waals surface area (Å²) in [5.41, 5.74) is 9.56. The molecule has 0 atom stereocenters. The molecule has 0 heterocycles. The second-order valence-electron chi connectivity index (χ2n) is 15.6. The molecule has 0 spiro atoms. The highest BCUT2D eigenvalue weighted by Crippen LogP contribution is 2.49. The van der Waals surface area contributed by atoms with Gasteiger partial charge in [-0.3, -0.25) is 4.52 Å². The molecule has 0 aliphatic carbocycles. The van der Waals surface area contributed by atoms with Crippen molar-refractivity contribution in [2.45, 2.75) is 113 Å². The zero-order valence-corrected chi connectivity index (χ0v) is 36.4. The van der Waals surface area contributed by atoms with Gasteiger partial charge in [-0.15, -0.1) is 0 Å². The minimum atomic E-state index is -1.96. The number of hydrogen-bond donors (Lipinski definition) is 0. The van der Waals surface area contributed by atoms with Crippen LogP contribution in [-0.2, 0) is 11.1 Å². The molecule has 55 heavy (non-hydrogen) atoms. The van der Waals surface area contributed by atoms with Crippen LogP contribution in [-0.4, -0.2) is 0 Å². The molecule has 0 saturated carbocycles. The molecule has 0 bridgehead atoms. The van der Waals surface area contributed by atoms with Gasteiger partial charge in [0.1, 0.15) is 28.7 Å². The first-order chi connectivity index (χ1) is 26.2. The van der Waals surface area contributed by atoms with E-state index in [0.29, 0.717) is 5.75 Å². The third-order valence-corrected chi connectivity index (χ3v) is 11.4. The van der Waals surface area contributed by atoms with Crippen LogP contribution in [0.5, 0.6) is 28.7 Å². The lowest BCUT2D eigenvalue weighted by molar-refractivity contribution is 0.252. The Hall–Kier alpha value is -4.08. The average molecular weight is 781 g/mol. The van der Waals surface area contributed by atoms with E-state index in [0.717, 1.165) is 73.1 Å². The fourth-order valence-electron chi connectivity index (χ4n) is 6.15. The zero-order valence-electron chi connectivity index (χ0n) is 34.6. The molecule has 292 valence electrons. The van der Waals surface area contributed by atoms with Crippen LogP contribution in [0.2, 0.25) is 0 Å². The van der Waals surface area contributed by atoms with E-state index in [1.165, 1.54) is 0 Å². The first-order valence-corrected chi connectivity index (χ1v) is 21.5. The molecule has 0 unspecified atom stereocenters. The van der Waals surface area contributed by atoms with E-state index in [1.807, 2.05) is 24.3 Å². The second-order valence-corrected chi connectivity index (χ2v) is 17.6. The average Bonchev–Trinajstić information content (AvgIpc) is 3.10. The van der Waals surface area contributed by atoms with Crippen LogP contribution in [0.3, 0.4) is 0 Å². The van der Waals surface area contributed by atoms with E-state index < -0.39 is 17.2 Å². The van der Waals surface area contributed by atoms with E-state index in [-0.39, 0.29) is 30.3 Å². The number of benzene rings is 5. The third-order valence-electron chi connectivity index (χ3n) is 9.33. The van der Waals surface area contributed by atoms with E-state index in [2.05, 4.69) is 156 Å². The maximum absolute atomic E-state index is 6.77. The molecule has 0 aromatic heterocycles. The van der Waals surface area contributed by atoms with Crippen molar-refractivity contribution in [1.29, 1.82) is 0 Å². The van der Waals surface area contributed by atoms with Gasteiger partial charge in [-0.05, 0) is 126 Å². The Morgan fingerprint density at radius 2 is 0.691 bits per heavy atom. The van der Waals surface area contributed by atoms with Crippen LogP contribution in [0.15, 0.2) is 97.1 Å². The van der Waals surface area contributed by atoms with E-state index in [1.54, 1.807) is 0 Å². The predicted molar refractivity (Wildman–Crippen MR) is 229 cm³/mol. The van der Waals surface area contributed by atoms with Gasteiger partial charge in [-0.1, -0.05) is 122 Å². The lowest BCUT2D eigenvalue weighted by Crippen LogP contribution is -2.08. The Morgan fingerprint density at radius 1 is 0.382 bits per heavy atom. The maximum atomic E-state index is 6.77. The molecule has 0 aliphatic heterocycles. The first-order valence-electron chi connectivity index (χ1n) is 19.3. The van der Waals surface area contributed by atoms with Gasteiger partial charge in [0.05, 0.1) is 6.61 Å². The van der Waals surface area contributed by atoms with Crippen LogP contribution < -0.4 is 22.6 Å². The summed E-state index contributed by atoms with van der Waals surface area (Å²) in [4.78, 5) is 0. The van der Waals surface area contributed by atoms with Crippen LogP contribution in [0.25, 0.3) is 0 Å². The normalized spacial score (nSPS) is 11.7. The summed E-state index contributed by atoms with van der Waals surface area (Å²) < 4.78 is 40.3. The van der Waals surface area contributed by atoms with E-state index >= 15 is 0 Å². The summed E-state index contributed by atoms with van der Waals surface area (Å²) in [6.45, 7) is 25.7. The van der Waals surface area contributed by atoms with Crippen molar-refractivity contribution in [1.82, 2.24) is 0 Å². The van der Waals surface area contributed by atoms with Gasteiger partial charge in [-0.2, -0.15) is 0 Å². The Bertz CT molecular complexity index is 1920. The molecule has 6 nitrogen and oxygen atoms in total. The summed E-state index contributed by atoms with van der Waals surface area (Å²) in [6.07, 6.45) is 0. The standard InChI is InChI=1S/C47H58O6P2/c1-30(2)39-21-17-34(9)25-44(39)50-54(51-45-26-35(10)18-22-40(45)31(3)4)48-29-38-15-13-14-16-43(38)49-55(52-46-27-36(11)19-23-41(46)32(5)6)53-47-28-37(12)20-24-42(47)33(7)8/h13-28,30-33H,29H2,1-12H3. The van der Waals surface area contributed by atoms with Crippen LogP contribution in [0.1, 0.15) is 129 Å². The Balaban J connectivity index is 1.49. The van der Waals surface area contributed by atoms with E-state index in [4.69, 9.17) is 27.1 Å². The van der Waals surface area contributed by atoms with Crippen molar-refractivity contribution >= 4 is 17.2 Å². The smallest absolute Gasteiger partial charge is 0.417 e. The topological polar surface area (TPSA) is 55.4 Å². The highest BCUT2D eigenvalue weighted by Gasteiger charge is 2.27. The summed E-state index contributed by atoms with van der Waals surface area (Å²) >= 11 is 0. The van der Waals surface area contributed by atoms with Crippen LogP contribution in [0.4, 0.5) is 0 Å². The fourth-order valence-corrected chi connectivity index (χ4v) is 8.27. The van der Waals surface area contributed by atoms with Crippen molar-refractivity contribution in [3.63, 3.8) is 0 Å². The fraction of sp³-hybridized carbons (Fsp3) is 0.362. The minimum Gasteiger partial charge on any atom is -0.417 e. The highest BCUT2D eigenvalue weighted by atomic mass is 31.2. The molecule has 5 aromatic rings. The first kappa shape index (κ1) is 42.1. The lowest BCUT2D eigenvalue weighted by Gasteiger charge is -2.24. The highest BCUT2D eigenvalue weighted by molar-refractivity contribution is 7.43. The molecule has 5 rings (SSSR count). The van der Waals surface area contributed by atoms with Gasteiger partial charge < -0.3 is 22.6 Å². The summed E-state index contributed by atoms with van der Waals surface area (Å²) in [5, 5.41) is 0. The Morgan fingerprint density at radius 3 is 1.04 bits per heavy atom. The van der Waals surface area contributed by atoms with Gasteiger partial charge in [0.2, 0.25) is 0 Å². The largest absolute Gasteiger partial charge is 0.530 e. The van der Waals surface area contributed by atoms with Crippen molar-refractivity contribution in [3.8, 4) is 28.7 Å². The molecule has 0 fully saturated rings. The monoisotopic (exact) mass is 780 g/mol. The van der Waals surface area contributed by atoms with Gasteiger partial charge >= 0.3 is 17.2 Å². The van der Waals surface area contributed by atoms with Crippen LogP contribution >= 0.6 is 17.2 Å². The lowest BCUT2D eigenvalue weighted by atomic mass is 10.0. The summed E-state index contributed by atoms with van der Waals surface area (Å²) in [5.74, 6) is 4.59. The summed E-state index contributed by atoms with van der Waals surface area (Å²) in [7, 11) is -3.86. The third kappa shape index (κ3) is 11.5. The van der Waals surface area contributed by atoms with Crippen LogP contribution in [0, 0.1) is 27.7 Å². The van der Waals surface area contributed by atoms with Crippen molar-refractivity contribution in [3.05, 3.63) is 147 Å². The van der Waals surface area contributed by atoms with Crippen molar-refractivity contribution in [2.75, 3.05) is 0 Å². The van der Waals surface area contributed by atoms with Crippen molar-refractivity contribution in [2.24, 2.45) is 0 Å². The SMILES string of the molecule is Cc1ccc(C(C)C)c(OP(OCc2ccccc2OP(Oc2cc(C)ccc2C(C)C)Oc2cc(C)ccc2C(C)C)Oc2cc(C)ccc2C(C)C)c1. The predicted octanol–water partition coefficient (Wildman–Crippen LogP) is 15.1. The number of rotatable bonds is 17. The van der Waals surface area contributed by atoms with E-state index in [9.17, 15) is 0 Å². The van der Waals surface area contributed by atoms with Crippen molar-refractivity contribution < 1.29 is 27.1 Å².